The van der Waals surface area contributed by atoms with Gasteiger partial charge in [-0.3, -0.25) is 4.79 Å². The smallest absolute Gasteiger partial charge is 0.231 e. The second kappa shape index (κ2) is 9.40. The van der Waals surface area contributed by atoms with Crippen molar-refractivity contribution < 1.29 is 9.18 Å². The summed E-state index contributed by atoms with van der Waals surface area (Å²) < 4.78 is 15.0. The van der Waals surface area contributed by atoms with E-state index < -0.39 is 0 Å². The van der Waals surface area contributed by atoms with E-state index in [-0.39, 0.29) is 23.5 Å². The zero-order chi connectivity index (χ0) is 21.8. The van der Waals surface area contributed by atoms with E-state index in [1.807, 2.05) is 49.6 Å². The third-order valence-corrected chi connectivity index (χ3v) is 6.70. The highest BCUT2D eigenvalue weighted by atomic mass is 32.2. The van der Waals surface area contributed by atoms with Gasteiger partial charge in [-0.1, -0.05) is 36.0 Å². The number of carbonyl (C=O) groups is 1. The molecule has 158 valence electrons. The Morgan fingerprint density at radius 2 is 1.97 bits per heavy atom. The molecule has 0 aliphatic rings. The summed E-state index contributed by atoms with van der Waals surface area (Å²) in [5, 5.41) is 17.4. The van der Waals surface area contributed by atoms with Crippen LogP contribution in [-0.4, -0.2) is 31.9 Å². The molecule has 1 atom stereocenters. The molecule has 0 radical (unpaired) electrons. The predicted octanol–water partition coefficient (Wildman–Crippen LogP) is 4.48. The molecule has 4 rings (SSSR count). The van der Waals surface area contributed by atoms with Crippen molar-refractivity contribution in [2.24, 2.45) is 0 Å². The van der Waals surface area contributed by atoms with Gasteiger partial charge in [-0.25, -0.2) is 4.39 Å². The second-order valence-corrected chi connectivity index (χ2v) is 8.92. The first kappa shape index (κ1) is 21.2. The van der Waals surface area contributed by atoms with Gasteiger partial charge < -0.3 is 5.32 Å². The highest BCUT2D eigenvalue weighted by Gasteiger charge is 2.19. The summed E-state index contributed by atoms with van der Waals surface area (Å²) in [7, 11) is 0. The van der Waals surface area contributed by atoms with E-state index in [0.29, 0.717) is 5.16 Å². The number of nitrogens with one attached hydrogen (secondary N) is 1. The van der Waals surface area contributed by atoms with Gasteiger partial charge in [0.15, 0.2) is 0 Å². The zero-order valence-electron chi connectivity index (χ0n) is 16.9. The standard InChI is InChI=1S/C22H20FN5OS2/c1-14-5-10-18(12-15(14)2)28-22(25-26-27-28)31-13-20(29)24-21(19-4-3-11-30-19)16-6-8-17(23)9-7-16/h3-12,21H,13H2,1-2H3,(H,24,29)/t21-/m1/s1. The van der Waals surface area contributed by atoms with E-state index in [1.54, 1.807) is 16.8 Å². The predicted molar refractivity (Wildman–Crippen MR) is 120 cm³/mol. The van der Waals surface area contributed by atoms with E-state index in [1.165, 1.54) is 40.8 Å². The lowest BCUT2D eigenvalue weighted by Gasteiger charge is -2.18. The fourth-order valence-electron chi connectivity index (χ4n) is 3.05. The molecule has 1 N–H and O–H groups in total. The summed E-state index contributed by atoms with van der Waals surface area (Å²) in [6.45, 7) is 4.08. The number of thioether (sulfide) groups is 1. The number of aryl methyl sites for hydroxylation is 2. The summed E-state index contributed by atoms with van der Waals surface area (Å²) in [5.41, 5.74) is 3.99. The Labute approximate surface area is 187 Å². The van der Waals surface area contributed by atoms with Crippen molar-refractivity contribution in [2.45, 2.75) is 25.0 Å². The average molecular weight is 454 g/mol. The van der Waals surface area contributed by atoms with Gasteiger partial charge in [0.1, 0.15) is 5.82 Å². The molecule has 0 aliphatic carbocycles. The van der Waals surface area contributed by atoms with Gasteiger partial charge in [0, 0.05) is 4.88 Å². The van der Waals surface area contributed by atoms with Gasteiger partial charge >= 0.3 is 0 Å². The van der Waals surface area contributed by atoms with Crippen molar-refractivity contribution in [1.29, 1.82) is 0 Å². The molecule has 2 aromatic heterocycles. The van der Waals surface area contributed by atoms with E-state index in [9.17, 15) is 9.18 Å². The van der Waals surface area contributed by atoms with E-state index in [4.69, 9.17) is 0 Å². The number of tetrazole rings is 1. The SMILES string of the molecule is Cc1ccc(-n2nnnc2SCC(=O)N[C@H](c2ccc(F)cc2)c2cccs2)cc1C. The Balaban J connectivity index is 1.47. The van der Waals surface area contributed by atoms with Crippen LogP contribution < -0.4 is 5.32 Å². The molecule has 31 heavy (non-hydrogen) atoms. The topological polar surface area (TPSA) is 72.7 Å². The molecule has 2 aromatic carbocycles. The van der Waals surface area contributed by atoms with Crippen LogP contribution in [0.2, 0.25) is 0 Å². The molecule has 9 heteroatoms. The van der Waals surface area contributed by atoms with Gasteiger partial charge in [-0.05, 0) is 76.7 Å². The lowest BCUT2D eigenvalue weighted by Crippen LogP contribution is -2.30. The molecular formula is C22H20FN5OS2. The molecule has 6 nitrogen and oxygen atoms in total. The van der Waals surface area contributed by atoms with Crippen LogP contribution in [-0.2, 0) is 4.79 Å². The molecule has 1 amide bonds. The molecule has 0 spiro atoms. The van der Waals surface area contributed by atoms with Crippen LogP contribution in [0, 0.1) is 19.7 Å². The summed E-state index contributed by atoms with van der Waals surface area (Å²) >= 11 is 2.80. The van der Waals surface area contributed by atoms with E-state index in [2.05, 4.69) is 20.8 Å². The van der Waals surface area contributed by atoms with Crippen molar-refractivity contribution in [3.63, 3.8) is 0 Å². The third-order valence-electron chi connectivity index (χ3n) is 4.84. The first-order chi connectivity index (χ1) is 15.0. The number of benzene rings is 2. The normalized spacial score (nSPS) is 12.0. The summed E-state index contributed by atoms with van der Waals surface area (Å²) in [6.07, 6.45) is 0. The quantitative estimate of drug-likeness (QED) is 0.418. The first-order valence-electron chi connectivity index (χ1n) is 9.58. The van der Waals surface area contributed by atoms with Gasteiger partial charge in [0.05, 0.1) is 17.5 Å². The number of rotatable bonds is 7. The lowest BCUT2D eigenvalue weighted by atomic mass is 10.1. The van der Waals surface area contributed by atoms with Crippen molar-refractivity contribution in [3.05, 3.63) is 87.4 Å². The van der Waals surface area contributed by atoms with Crippen molar-refractivity contribution in [3.8, 4) is 5.69 Å². The maximum atomic E-state index is 13.3. The van der Waals surface area contributed by atoms with Crippen molar-refractivity contribution in [1.82, 2.24) is 25.5 Å². The zero-order valence-corrected chi connectivity index (χ0v) is 18.6. The Morgan fingerprint density at radius 3 is 2.68 bits per heavy atom. The summed E-state index contributed by atoms with van der Waals surface area (Å²) in [5.74, 6) is -0.329. The Kier molecular flexibility index (Phi) is 6.43. The molecule has 0 saturated carbocycles. The summed E-state index contributed by atoms with van der Waals surface area (Å²) in [4.78, 5) is 13.7. The van der Waals surface area contributed by atoms with Gasteiger partial charge in [-0.2, -0.15) is 4.68 Å². The number of nitrogens with zero attached hydrogens (tertiary/aromatic N) is 4. The number of hydrogen-bond acceptors (Lipinski definition) is 6. The average Bonchev–Trinajstić information content (AvgIpc) is 3.45. The molecule has 0 bridgehead atoms. The number of amides is 1. The van der Waals surface area contributed by atoms with Crippen molar-refractivity contribution in [2.75, 3.05) is 5.75 Å². The van der Waals surface area contributed by atoms with Crippen LogP contribution in [0.25, 0.3) is 5.69 Å². The van der Waals surface area contributed by atoms with E-state index in [0.717, 1.165) is 21.7 Å². The number of thiophene rings is 1. The van der Waals surface area contributed by atoms with Crippen LogP contribution in [0.3, 0.4) is 0 Å². The molecular weight excluding hydrogens is 433 g/mol. The van der Waals surface area contributed by atoms with Gasteiger partial charge in [0.25, 0.3) is 0 Å². The van der Waals surface area contributed by atoms with Crippen molar-refractivity contribution >= 4 is 29.0 Å². The molecule has 2 heterocycles. The molecule has 4 aromatic rings. The number of halogens is 1. The second-order valence-electron chi connectivity index (χ2n) is 7.00. The fourth-order valence-corrected chi connectivity index (χ4v) is 4.56. The number of carbonyl (C=O) groups excluding carboxylic acids is 1. The lowest BCUT2D eigenvalue weighted by molar-refractivity contribution is -0.119. The molecule has 0 unspecified atom stereocenters. The highest BCUT2D eigenvalue weighted by molar-refractivity contribution is 7.99. The maximum Gasteiger partial charge on any atom is 0.231 e. The molecule has 0 fully saturated rings. The largest absolute Gasteiger partial charge is 0.344 e. The monoisotopic (exact) mass is 453 g/mol. The minimum absolute atomic E-state index is 0.147. The molecule has 0 aliphatic heterocycles. The van der Waals surface area contributed by atoms with Crippen LogP contribution in [0.4, 0.5) is 4.39 Å². The van der Waals surface area contributed by atoms with Crippen LogP contribution in [0.15, 0.2) is 65.1 Å². The highest BCUT2D eigenvalue weighted by Crippen LogP contribution is 2.27. The van der Waals surface area contributed by atoms with E-state index >= 15 is 0 Å². The fraction of sp³-hybridized carbons (Fsp3) is 0.182. The van der Waals surface area contributed by atoms with Crippen LogP contribution in [0.5, 0.6) is 0 Å². The third kappa shape index (κ3) is 5.00. The first-order valence-corrected chi connectivity index (χ1v) is 11.4. The minimum atomic E-state index is -0.343. The minimum Gasteiger partial charge on any atom is -0.344 e. The Hall–Kier alpha value is -3.04. The molecule has 0 saturated heterocycles. The van der Waals surface area contributed by atoms with Crippen LogP contribution in [0.1, 0.15) is 27.6 Å². The Morgan fingerprint density at radius 1 is 1.16 bits per heavy atom. The maximum absolute atomic E-state index is 13.3. The number of hydrogen-bond donors (Lipinski definition) is 1. The Bertz CT molecular complexity index is 1180. The van der Waals surface area contributed by atoms with Crippen LogP contribution >= 0.6 is 23.1 Å². The number of aromatic nitrogens is 4. The van der Waals surface area contributed by atoms with Gasteiger partial charge in [0.2, 0.25) is 11.1 Å². The van der Waals surface area contributed by atoms with Gasteiger partial charge in [-0.15, -0.1) is 16.4 Å². The summed E-state index contributed by atoms with van der Waals surface area (Å²) in [6, 6.07) is 15.7.